The molecule has 1 N–H and O–H groups in total. The van der Waals surface area contributed by atoms with Crippen molar-refractivity contribution in [3.63, 3.8) is 0 Å². The van der Waals surface area contributed by atoms with Crippen LogP contribution < -0.4 is 5.32 Å². The summed E-state index contributed by atoms with van der Waals surface area (Å²) in [5, 5.41) is 9.22. The number of rotatable bonds is 5. The summed E-state index contributed by atoms with van der Waals surface area (Å²) in [6.45, 7) is 5.27. The van der Waals surface area contributed by atoms with E-state index in [0.717, 1.165) is 41.0 Å². The molecule has 25 heavy (non-hydrogen) atoms. The molecule has 3 heterocycles. The highest BCUT2D eigenvalue weighted by molar-refractivity contribution is 5.79. The van der Waals surface area contributed by atoms with E-state index in [1.165, 1.54) is 5.56 Å². The summed E-state index contributed by atoms with van der Waals surface area (Å²) in [7, 11) is 0. The zero-order chi connectivity index (χ0) is 17.2. The fourth-order valence-corrected chi connectivity index (χ4v) is 2.89. The molecule has 5 heteroatoms. The number of imidazole rings is 1. The number of pyridine rings is 1. The average molecular weight is 331 g/mol. The normalized spacial score (nSPS) is 11.5. The number of benzene rings is 1. The van der Waals surface area contributed by atoms with Gasteiger partial charge >= 0.3 is 0 Å². The molecular formula is C20H21N5. The SMILES string of the molecule is CC(C)CNc1ccc2ncc(Cc3ccc4ncccc4c3)n2n1. The predicted octanol–water partition coefficient (Wildman–Crippen LogP) is 3.94. The molecule has 0 fully saturated rings. The van der Waals surface area contributed by atoms with Crippen molar-refractivity contribution in [2.45, 2.75) is 20.3 Å². The molecule has 0 amide bonds. The van der Waals surface area contributed by atoms with Crippen LogP contribution >= 0.6 is 0 Å². The van der Waals surface area contributed by atoms with Crippen molar-refractivity contribution >= 4 is 22.4 Å². The Labute approximate surface area is 146 Å². The van der Waals surface area contributed by atoms with Gasteiger partial charge in [-0.05, 0) is 41.8 Å². The molecule has 126 valence electrons. The third kappa shape index (κ3) is 3.31. The standard InChI is InChI=1S/C20H21N5/c1-14(2)12-22-19-7-8-20-23-13-17(25(20)24-19)11-15-5-6-18-16(10-15)4-3-9-21-18/h3-10,13-14H,11-12H2,1-2H3,(H,22,24). The largest absolute Gasteiger partial charge is 0.368 e. The third-order valence-electron chi connectivity index (χ3n) is 4.18. The molecule has 0 atom stereocenters. The van der Waals surface area contributed by atoms with E-state index in [-0.39, 0.29) is 0 Å². The molecular weight excluding hydrogens is 310 g/mol. The van der Waals surface area contributed by atoms with Gasteiger partial charge in [0.15, 0.2) is 5.65 Å². The lowest BCUT2D eigenvalue weighted by atomic mass is 10.1. The van der Waals surface area contributed by atoms with Crippen LogP contribution in [0.2, 0.25) is 0 Å². The summed E-state index contributed by atoms with van der Waals surface area (Å²) in [5.41, 5.74) is 4.19. The molecule has 0 spiro atoms. The van der Waals surface area contributed by atoms with Crippen molar-refractivity contribution in [2.75, 3.05) is 11.9 Å². The van der Waals surface area contributed by atoms with Gasteiger partial charge in [-0.3, -0.25) is 4.98 Å². The smallest absolute Gasteiger partial charge is 0.153 e. The third-order valence-corrected chi connectivity index (χ3v) is 4.18. The number of aromatic nitrogens is 4. The summed E-state index contributed by atoms with van der Waals surface area (Å²) in [5.74, 6) is 1.45. The van der Waals surface area contributed by atoms with E-state index >= 15 is 0 Å². The summed E-state index contributed by atoms with van der Waals surface area (Å²) in [4.78, 5) is 8.85. The van der Waals surface area contributed by atoms with Crippen LogP contribution in [0.4, 0.5) is 5.82 Å². The summed E-state index contributed by atoms with van der Waals surface area (Å²) < 4.78 is 1.93. The van der Waals surface area contributed by atoms with Crippen LogP contribution in [0.1, 0.15) is 25.1 Å². The van der Waals surface area contributed by atoms with Gasteiger partial charge in [-0.25, -0.2) is 9.50 Å². The van der Waals surface area contributed by atoms with Crippen LogP contribution in [-0.2, 0) is 6.42 Å². The van der Waals surface area contributed by atoms with Gasteiger partial charge in [-0.1, -0.05) is 26.0 Å². The predicted molar refractivity (Wildman–Crippen MR) is 101 cm³/mol. The Hall–Kier alpha value is -2.95. The van der Waals surface area contributed by atoms with Gasteiger partial charge in [-0.2, -0.15) is 0 Å². The average Bonchev–Trinajstić information content (AvgIpc) is 3.02. The van der Waals surface area contributed by atoms with Gasteiger partial charge in [-0.15, -0.1) is 5.10 Å². The first kappa shape index (κ1) is 15.6. The quantitative estimate of drug-likeness (QED) is 0.602. The van der Waals surface area contributed by atoms with Gasteiger partial charge < -0.3 is 5.32 Å². The Balaban J connectivity index is 1.64. The molecule has 0 saturated carbocycles. The number of hydrogen-bond acceptors (Lipinski definition) is 4. The number of hydrogen-bond donors (Lipinski definition) is 1. The lowest BCUT2D eigenvalue weighted by molar-refractivity contribution is 0.684. The highest BCUT2D eigenvalue weighted by atomic mass is 15.3. The van der Waals surface area contributed by atoms with E-state index in [1.54, 1.807) is 0 Å². The molecule has 0 aliphatic heterocycles. The van der Waals surface area contributed by atoms with Crippen molar-refractivity contribution in [1.82, 2.24) is 19.6 Å². The molecule has 3 aromatic heterocycles. The van der Waals surface area contributed by atoms with Crippen LogP contribution in [0, 0.1) is 5.92 Å². The zero-order valence-corrected chi connectivity index (χ0v) is 14.5. The van der Waals surface area contributed by atoms with Crippen LogP contribution in [0.3, 0.4) is 0 Å². The molecule has 5 nitrogen and oxygen atoms in total. The van der Waals surface area contributed by atoms with Crippen LogP contribution in [0.5, 0.6) is 0 Å². The number of nitrogens with one attached hydrogen (secondary N) is 1. The molecule has 0 aliphatic rings. The lowest BCUT2D eigenvalue weighted by Gasteiger charge is -2.09. The van der Waals surface area contributed by atoms with E-state index in [1.807, 2.05) is 35.1 Å². The van der Waals surface area contributed by atoms with Crippen molar-refractivity contribution in [3.8, 4) is 0 Å². The maximum absolute atomic E-state index is 4.70. The maximum Gasteiger partial charge on any atom is 0.153 e. The first-order valence-electron chi connectivity index (χ1n) is 8.60. The second-order valence-corrected chi connectivity index (χ2v) is 6.72. The Bertz CT molecular complexity index is 1020. The van der Waals surface area contributed by atoms with Gasteiger partial charge in [0.2, 0.25) is 0 Å². The van der Waals surface area contributed by atoms with Gasteiger partial charge in [0.05, 0.1) is 17.4 Å². The molecule has 1 aromatic carbocycles. The minimum atomic E-state index is 0.575. The second kappa shape index (κ2) is 6.51. The molecule has 4 rings (SSSR count). The molecule has 0 radical (unpaired) electrons. The van der Waals surface area contributed by atoms with Crippen molar-refractivity contribution in [2.24, 2.45) is 5.92 Å². The Morgan fingerprint density at radius 3 is 2.88 bits per heavy atom. The molecule has 0 aliphatic carbocycles. The number of nitrogens with zero attached hydrogens (tertiary/aromatic N) is 4. The molecule has 0 bridgehead atoms. The summed E-state index contributed by atoms with van der Waals surface area (Å²) >= 11 is 0. The van der Waals surface area contributed by atoms with E-state index in [2.05, 4.69) is 53.4 Å². The fraction of sp³-hybridized carbons (Fsp3) is 0.250. The van der Waals surface area contributed by atoms with Crippen molar-refractivity contribution in [1.29, 1.82) is 0 Å². The van der Waals surface area contributed by atoms with E-state index < -0.39 is 0 Å². The Morgan fingerprint density at radius 1 is 1.08 bits per heavy atom. The maximum atomic E-state index is 4.70. The van der Waals surface area contributed by atoms with E-state index in [4.69, 9.17) is 5.10 Å². The van der Waals surface area contributed by atoms with Gasteiger partial charge in [0.25, 0.3) is 0 Å². The topological polar surface area (TPSA) is 55.1 Å². The second-order valence-electron chi connectivity index (χ2n) is 6.72. The summed E-state index contributed by atoms with van der Waals surface area (Å²) in [6, 6.07) is 14.4. The lowest BCUT2D eigenvalue weighted by Crippen LogP contribution is -2.11. The van der Waals surface area contributed by atoms with Crippen LogP contribution in [-0.4, -0.2) is 26.1 Å². The first-order chi connectivity index (χ1) is 12.2. The van der Waals surface area contributed by atoms with Crippen LogP contribution in [0.15, 0.2) is 54.9 Å². The van der Waals surface area contributed by atoms with Crippen molar-refractivity contribution < 1.29 is 0 Å². The highest BCUT2D eigenvalue weighted by Gasteiger charge is 2.08. The van der Waals surface area contributed by atoms with E-state index in [9.17, 15) is 0 Å². The van der Waals surface area contributed by atoms with Crippen molar-refractivity contribution in [3.05, 3.63) is 66.1 Å². The minimum Gasteiger partial charge on any atom is -0.368 e. The Morgan fingerprint density at radius 2 is 2.00 bits per heavy atom. The zero-order valence-electron chi connectivity index (χ0n) is 14.5. The van der Waals surface area contributed by atoms with Gasteiger partial charge in [0, 0.05) is 24.5 Å². The monoisotopic (exact) mass is 331 g/mol. The highest BCUT2D eigenvalue weighted by Crippen LogP contribution is 2.17. The fourth-order valence-electron chi connectivity index (χ4n) is 2.89. The summed E-state index contributed by atoms with van der Waals surface area (Å²) in [6.07, 6.45) is 4.51. The first-order valence-corrected chi connectivity index (χ1v) is 8.60. The van der Waals surface area contributed by atoms with E-state index in [0.29, 0.717) is 5.92 Å². The number of fused-ring (bicyclic) bond motifs is 2. The minimum absolute atomic E-state index is 0.575. The molecule has 0 saturated heterocycles. The Kier molecular flexibility index (Phi) is 4.06. The van der Waals surface area contributed by atoms with Crippen LogP contribution in [0.25, 0.3) is 16.6 Å². The number of anilines is 1. The van der Waals surface area contributed by atoms with Gasteiger partial charge in [0.1, 0.15) is 5.82 Å². The molecule has 4 aromatic rings. The molecule has 0 unspecified atom stereocenters.